The number of benzene rings is 2. The number of halogens is 1. The fraction of sp³-hybridized carbons (Fsp3) is 0.316. The fourth-order valence-electron chi connectivity index (χ4n) is 2.59. The summed E-state index contributed by atoms with van der Waals surface area (Å²) in [4.78, 5) is 14.0. The fourth-order valence-corrected chi connectivity index (χ4v) is 2.71. The Balaban J connectivity index is 1.90. The third-order valence-electron chi connectivity index (χ3n) is 3.90. The Morgan fingerprint density at radius 2 is 1.75 bits per heavy atom. The molecule has 5 heteroatoms. The molecule has 0 radical (unpaired) electrons. The van der Waals surface area contributed by atoms with Crippen molar-refractivity contribution >= 4 is 23.2 Å². The molecule has 2 aromatic rings. The summed E-state index contributed by atoms with van der Waals surface area (Å²) in [6.07, 6.45) is -0.666. The molecule has 2 aromatic carbocycles. The Labute approximate surface area is 148 Å². The molecule has 128 valence electrons. The number of nitrogens with one attached hydrogen (secondary N) is 1. The second-order valence-corrected chi connectivity index (χ2v) is 6.52. The van der Waals surface area contributed by atoms with E-state index in [1.807, 2.05) is 39.1 Å². The van der Waals surface area contributed by atoms with E-state index in [4.69, 9.17) is 11.6 Å². The molecule has 0 aliphatic carbocycles. The van der Waals surface area contributed by atoms with Gasteiger partial charge in [0.25, 0.3) is 0 Å². The number of para-hydroxylation sites is 1. The monoisotopic (exact) mass is 346 g/mol. The van der Waals surface area contributed by atoms with Crippen LogP contribution in [0.1, 0.15) is 22.8 Å². The molecule has 2 N–H and O–H groups in total. The Bertz CT molecular complexity index is 681. The maximum Gasteiger partial charge on any atom is 0.238 e. The minimum absolute atomic E-state index is 0.0989. The number of aliphatic hydroxyl groups is 1. The molecule has 0 saturated heterocycles. The molecule has 0 bridgehead atoms. The average molecular weight is 347 g/mol. The van der Waals surface area contributed by atoms with E-state index in [2.05, 4.69) is 5.32 Å². The van der Waals surface area contributed by atoms with Gasteiger partial charge in [-0.25, -0.2) is 0 Å². The second kappa shape index (κ2) is 8.29. The number of hydrogen-bond acceptors (Lipinski definition) is 3. The van der Waals surface area contributed by atoms with Crippen LogP contribution in [0.5, 0.6) is 0 Å². The van der Waals surface area contributed by atoms with Gasteiger partial charge >= 0.3 is 0 Å². The van der Waals surface area contributed by atoms with E-state index >= 15 is 0 Å². The summed E-state index contributed by atoms with van der Waals surface area (Å²) >= 11 is 5.85. The number of aryl methyl sites for hydroxylation is 2. The molecule has 1 amide bonds. The third-order valence-corrected chi connectivity index (χ3v) is 4.15. The molecule has 0 saturated carbocycles. The molecule has 24 heavy (non-hydrogen) atoms. The SMILES string of the molecule is Cc1cccc(C)c1NC(=O)CN(C)CC(O)c1ccc(Cl)cc1. The Hall–Kier alpha value is -1.88. The van der Waals surface area contributed by atoms with Crippen LogP contribution in [0, 0.1) is 13.8 Å². The molecule has 0 fully saturated rings. The number of likely N-dealkylation sites (N-methyl/N-ethyl adjacent to an activating group) is 1. The van der Waals surface area contributed by atoms with Crippen molar-refractivity contribution in [3.63, 3.8) is 0 Å². The lowest BCUT2D eigenvalue weighted by Crippen LogP contribution is -2.33. The highest BCUT2D eigenvalue weighted by Crippen LogP contribution is 2.20. The summed E-state index contributed by atoms with van der Waals surface area (Å²) in [5, 5.41) is 13.8. The number of rotatable bonds is 6. The highest BCUT2D eigenvalue weighted by molar-refractivity contribution is 6.30. The minimum Gasteiger partial charge on any atom is -0.387 e. The van der Waals surface area contributed by atoms with Gasteiger partial charge in [0.05, 0.1) is 12.6 Å². The van der Waals surface area contributed by atoms with E-state index < -0.39 is 6.10 Å². The van der Waals surface area contributed by atoms with Gasteiger partial charge in [-0.15, -0.1) is 0 Å². The van der Waals surface area contributed by atoms with Crippen LogP contribution in [-0.2, 0) is 4.79 Å². The van der Waals surface area contributed by atoms with Gasteiger partial charge in [-0.3, -0.25) is 9.69 Å². The number of nitrogens with zero attached hydrogens (tertiary/aromatic N) is 1. The van der Waals surface area contributed by atoms with Gasteiger partial charge in [-0.1, -0.05) is 41.9 Å². The number of carbonyl (C=O) groups excluding carboxylic acids is 1. The molecular weight excluding hydrogens is 324 g/mol. The van der Waals surface area contributed by atoms with E-state index in [-0.39, 0.29) is 12.5 Å². The Morgan fingerprint density at radius 1 is 1.17 bits per heavy atom. The summed E-state index contributed by atoms with van der Waals surface area (Å²) in [6, 6.07) is 13.0. The van der Waals surface area contributed by atoms with Crippen molar-refractivity contribution in [2.75, 3.05) is 25.5 Å². The minimum atomic E-state index is -0.666. The maximum atomic E-state index is 12.2. The largest absolute Gasteiger partial charge is 0.387 e. The lowest BCUT2D eigenvalue weighted by Gasteiger charge is -2.21. The van der Waals surface area contributed by atoms with Crippen LogP contribution in [0.4, 0.5) is 5.69 Å². The van der Waals surface area contributed by atoms with Gasteiger partial charge in [0.1, 0.15) is 0 Å². The molecule has 0 aliphatic rings. The Morgan fingerprint density at radius 3 is 2.33 bits per heavy atom. The highest BCUT2D eigenvalue weighted by Gasteiger charge is 2.14. The van der Waals surface area contributed by atoms with E-state index in [9.17, 15) is 9.90 Å². The molecule has 2 rings (SSSR count). The van der Waals surface area contributed by atoms with Gasteiger partial charge in [0, 0.05) is 17.3 Å². The summed E-state index contributed by atoms with van der Waals surface area (Å²) in [5.74, 6) is -0.0989. The second-order valence-electron chi connectivity index (χ2n) is 6.08. The van der Waals surface area contributed by atoms with Gasteiger partial charge in [-0.2, -0.15) is 0 Å². The highest BCUT2D eigenvalue weighted by atomic mass is 35.5. The molecule has 0 aliphatic heterocycles. The zero-order valence-corrected chi connectivity index (χ0v) is 15.0. The van der Waals surface area contributed by atoms with Gasteiger partial charge in [0.2, 0.25) is 5.91 Å². The number of amides is 1. The quantitative estimate of drug-likeness (QED) is 0.840. The molecule has 1 unspecified atom stereocenters. The van der Waals surface area contributed by atoms with Crippen LogP contribution < -0.4 is 5.32 Å². The number of anilines is 1. The molecule has 0 heterocycles. The molecule has 0 spiro atoms. The van der Waals surface area contributed by atoms with Crippen LogP contribution in [0.2, 0.25) is 5.02 Å². The first-order valence-corrected chi connectivity index (χ1v) is 8.22. The smallest absolute Gasteiger partial charge is 0.238 e. The van der Waals surface area contributed by atoms with E-state index in [1.165, 1.54) is 0 Å². The van der Waals surface area contributed by atoms with Crippen molar-refractivity contribution in [2.45, 2.75) is 20.0 Å². The van der Waals surface area contributed by atoms with Gasteiger partial charge in [-0.05, 0) is 49.7 Å². The van der Waals surface area contributed by atoms with Gasteiger partial charge in [0.15, 0.2) is 0 Å². The summed E-state index contributed by atoms with van der Waals surface area (Å²) < 4.78 is 0. The summed E-state index contributed by atoms with van der Waals surface area (Å²) in [7, 11) is 1.81. The predicted molar refractivity (Wildman–Crippen MR) is 98.5 cm³/mol. The lowest BCUT2D eigenvalue weighted by atomic mass is 10.1. The molecule has 4 nitrogen and oxygen atoms in total. The predicted octanol–water partition coefficient (Wildman–Crippen LogP) is 3.56. The van der Waals surface area contributed by atoms with E-state index in [0.717, 1.165) is 22.4 Å². The zero-order chi connectivity index (χ0) is 17.7. The standard InChI is InChI=1S/C19H23ClN2O2/c1-13-5-4-6-14(2)19(13)21-18(24)12-22(3)11-17(23)15-7-9-16(20)10-8-15/h4-10,17,23H,11-12H2,1-3H3,(H,21,24). The van der Waals surface area contributed by atoms with Crippen molar-refractivity contribution in [3.05, 3.63) is 64.2 Å². The lowest BCUT2D eigenvalue weighted by molar-refractivity contribution is -0.117. The topological polar surface area (TPSA) is 52.6 Å². The zero-order valence-electron chi connectivity index (χ0n) is 14.2. The van der Waals surface area contributed by atoms with Crippen LogP contribution in [0.15, 0.2) is 42.5 Å². The average Bonchev–Trinajstić information content (AvgIpc) is 2.51. The number of aliphatic hydroxyl groups excluding tert-OH is 1. The maximum absolute atomic E-state index is 12.2. The van der Waals surface area contributed by atoms with Crippen LogP contribution in [0.25, 0.3) is 0 Å². The molecular formula is C19H23ClN2O2. The number of hydrogen-bond donors (Lipinski definition) is 2. The Kier molecular flexibility index (Phi) is 6.37. The van der Waals surface area contributed by atoms with Crippen molar-refractivity contribution in [1.82, 2.24) is 4.90 Å². The van der Waals surface area contributed by atoms with Crippen LogP contribution >= 0.6 is 11.6 Å². The molecule has 1 atom stereocenters. The summed E-state index contributed by atoms with van der Waals surface area (Å²) in [5.41, 5.74) is 3.70. The first-order chi connectivity index (χ1) is 11.4. The van der Waals surface area contributed by atoms with Crippen LogP contribution in [-0.4, -0.2) is 36.1 Å². The first kappa shape index (κ1) is 18.5. The molecule has 0 aromatic heterocycles. The van der Waals surface area contributed by atoms with Crippen molar-refractivity contribution in [1.29, 1.82) is 0 Å². The van der Waals surface area contributed by atoms with Gasteiger partial charge < -0.3 is 10.4 Å². The van der Waals surface area contributed by atoms with Crippen molar-refractivity contribution in [2.24, 2.45) is 0 Å². The third kappa shape index (κ3) is 5.06. The normalized spacial score (nSPS) is 12.2. The number of carbonyl (C=O) groups is 1. The van der Waals surface area contributed by atoms with Crippen LogP contribution in [0.3, 0.4) is 0 Å². The van der Waals surface area contributed by atoms with E-state index in [1.54, 1.807) is 29.2 Å². The summed E-state index contributed by atoms with van der Waals surface area (Å²) in [6.45, 7) is 4.51. The van der Waals surface area contributed by atoms with E-state index in [0.29, 0.717) is 11.6 Å². The van der Waals surface area contributed by atoms with Crippen molar-refractivity contribution < 1.29 is 9.90 Å². The first-order valence-electron chi connectivity index (χ1n) is 7.85. The van der Waals surface area contributed by atoms with Crippen molar-refractivity contribution in [3.8, 4) is 0 Å².